The molecule has 2 aromatic rings. The van der Waals surface area contributed by atoms with E-state index in [1.165, 1.54) is 20.7 Å². The highest BCUT2D eigenvalue weighted by Crippen LogP contribution is 2.23. The molecular formula is C24H31N3O6S2. The summed E-state index contributed by atoms with van der Waals surface area (Å²) in [6.45, 7) is 2.42. The van der Waals surface area contributed by atoms with Gasteiger partial charge in [0.15, 0.2) is 6.61 Å². The number of nitrogens with one attached hydrogen (secondary N) is 1. The first kappa shape index (κ1) is 25.6. The van der Waals surface area contributed by atoms with Gasteiger partial charge in [0.25, 0.3) is 5.91 Å². The molecule has 190 valence electrons. The molecule has 2 aliphatic rings. The molecule has 0 aromatic heterocycles. The van der Waals surface area contributed by atoms with Crippen LogP contribution >= 0.6 is 0 Å². The molecule has 0 radical (unpaired) electrons. The van der Waals surface area contributed by atoms with Crippen molar-refractivity contribution in [2.24, 2.45) is 0 Å². The lowest BCUT2D eigenvalue weighted by Crippen LogP contribution is -2.30. The summed E-state index contributed by atoms with van der Waals surface area (Å²) < 4.78 is 58.8. The van der Waals surface area contributed by atoms with Crippen LogP contribution in [-0.2, 0) is 31.3 Å². The van der Waals surface area contributed by atoms with Crippen LogP contribution in [0, 0.1) is 0 Å². The van der Waals surface area contributed by atoms with Crippen molar-refractivity contribution in [3.05, 3.63) is 54.1 Å². The van der Waals surface area contributed by atoms with Crippen LogP contribution in [0.4, 0.5) is 0 Å². The summed E-state index contributed by atoms with van der Waals surface area (Å²) in [6, 6.07) is 12.8. The number of sulfonamides is 2. The van der Waals surface area contributed by atoms with Gasteiger partial charge in [-0.15, -0.1) is 0 Å². The molecule has 11 heteroatoms. The second-order valence-electron chi connectivity index (χ2n) is 8.73. The summed E-state index contributed by atoms with van der Waals surface area (Å²) in [5.74, 6) is 0.113. The molecule has 9 nitrogen and oxygen atoms in total. The summed E-state index contributed by atoms with van der Waals surface area (Å²) in [4.78, 5) is 12.6. The Labute approximate surface area is 207 Å². The van der Waals surface area contributed by atoms with Crippen LogP contribution in [0.2, 0.25) is 0 Å². The topological polar surface area (TPSA) is 113 Å². The third kappa shape index (κ3) is 6.21. The van der Waals surface area contributed by atoms with E-state index in [2.05, 4.69) is 5.32 Å². The Bertz CT molecular complexity index is 1220. The Balaban J connectivity index is 1.20. The molecule has 2 saturated heterocycles. The average Bonchev–Trinajstić information content (AvgIpc) is 3.59. The van der Waals surface area contributed by atoms with Gasteiger partial charge in [-0.3, -0.25) is 4.79 Å². The minimum atomic E-state index is -3.48. The number of carbonyl (C=O) groups is 1. The fourth-order valence-corrected chi connectivity index (χ4v) is 7.27. The van der Waals surface area contributed by atoms with E-state index in [9.17, 15) is 21.6 Å². The van der Waals surface area contributed by atoms with Crippen molar-refractivity contribution in [2.45, 2.75) is 41.9 Å². The maximum Gasteiger partial charge on any atom is 0.257 e. The fraction of sp³-hybridized carbons (Fsp3) is 0.458. The average molecular weight is 522 g/mol. The first-order valence-electron chi connectivity index (χ1n) is 11.9. The summed E-state index contributed by atoms with van der Waals surface area (Å²) >= 11 is 0. The van der Waals surface area contributed by atoms with Crippen LogP contribution in [0.25, 0.3) is 0 Å². The highest BCUT2D eigenvalue weighted by Gasteiger charge is 2.28. The molecule has 0 saturated carbocycles. The van der Waals surface area contributed by atoms with E-state index in [4.69, 9.17) is 4.74 Å². The molecule has 0 aliphatic carbocycles. The molecule has 0 unspecified atom stereocenters. The predicted molar refractivity (Wildman–Crippen MR) is 131 cm³/mol. The second-order valence-corrected chi connectivity index (χ2v) is 12.6. The molecule has 0 spiro atoms. The van der Waals surface area contributed by atoms with E-state index in [0.717, 1.165) is 31.2 Å². The Morgan fingerprint density at radius 2 is 1.20 bits per heavy atom. The van der Waals surface area contributed by atoms with Crippen molar-refractivity contribution >= 4 is 26.0 Å². The van der Waals surface area contributed by atoms with Crippen LogP contribution < -0.4 is 10.1 Å². The van der Waals surface area contributed by atoms with E-state index in [-0.39, 0.29) is 17.4 Å². The minimum absolute atomic E-state index is 0.189. The molecular weight excluding hydrogens is 490 g/mol. The Hall–Kier alpha value is -2.47. The van der Waals surface area contributed by atoms with Gasteiger partial charge >= 0.3 is 0 Å². The highest BCUT2D eigenvalue weighted by molar-refractivity contribution is 7.89. The fourth-order valence-electron chi connectivity index (χ4n) is 4.24. The van der Waals surface area contributed by atoms with E-state index >= 15 is 0 Å². The smallest absolute Gasteiger partial charge is 0.257 e. The predicted octanol–water partition coefficient (Wildman–Crippen LogP) is 1.99. The normalized spacial score (nSPS) is 17.5. The lowest BCUT2D eigenvalue weighted by molar-refractivity contribution is -0.123. The SMILES string of the molecule is O=C(COc1ccc(S(=O)(=O)N2CCCC2)cc1)NCCc1ccc(S(=O)(=O)N2CCCC2)cc1. The van der Waals surface area contributed by atoms with Crippen molar-refractivity contribution < 1.29 is 26.4 Å². The van der Waals surface area contributed by atoms with Gasteiger partial charge in [0.1, 0.15) is 5.75 Å². The Kier molecular flexibility index (Phi) is 8.10. The largest absolute Gasteiger partial charge is 0.484 e. The van der Waals surface area contributed by atoms with E-state index < -0.39 is 20.0 Å². The van der Waals surface area contributed by atoms with Gasteiger partial charge in [-0.2, -0.15) is 8.61 Å². The first-order chi connectivity index (χ1) is 16.8. The lowest BCUT2D eigenvalue weighted by Gasteiger charge is -2.16. The molecule has 2 aromatic carbocycles. The van der Waals surface area contributed by atoms with Crippen LogP contribution in [0.1, 0.15) is 31.2 Å². The molecule has 4 rings (SSSR count). The van der Waals surface area contributed by atoms with E-state index in [0.29, 0.717) is 49.8 Å². The van der Waals surface area contributed by atoms with Crippen LogP contribution in [-0.4, -0.2) is 70.7 Å². The van der Waals surface area contributed by atoms with Crippen LogP contribution in [0.3, 0.4) is 0 Å². The molecule has 0 atom stereocenters. The van der Waals surface area contributed by atoms with E-state index in [1.807, 2.05) is 0 Å². The van der Waals surface area contributed by atoms with Crippen molar-refractivity contribution in [2.75, 3.05) is 39.3 Å². The lowest BCUT2D eigenvalue weighted by atomic mass is 10.1. The zero-order valence-corrected chi connectivity index (χ0v) is 21.2. The summed E-state index contributed by atoms with van der Waals surface area (Å²) in [6.07, 6.45) is 4.10. The third-order valence-corrected chi connectivity index (χ3v) is 10.1. The monoisotopic (exact) mass is 521 g/mol. The quantitative estimate of drug-likeness (QED) is 0.512. The first-order valence-corrected chi connectivity index (χ1v) is 14.7. The Morgan fingerprint density at radius 1 is 0.743 bits per heavy atom. The number of carbonyl (C=O) groups excluding carboxylic acids is 1. The third-order valence-electron chi connectivity index (χ3n) is 6.26. The van der Waals surface area contributed by atoms with Gasteiger partial charge in [-0.25, -0.2) is 16.8 Å². The maximum atomic E-state index is 12.6. The molecule has 1 N–H and O–H groups in total. The number of rotatable bonds is 10. The van der Waals surface area contributed by atoms with Crippen LogP contribution in [0.5, 0.6) is 5.75 Å². The minimum Gasteiger partial charge on any atom is -0.484 e. The highest BCUT2D eigenvalue weighted by atomic mass is 32.2. The van der Waals surface area contributed by atoms with Gasteiger partial charge in [0, 0.05) is 32.7 Å². The van der Waals surface area contributed by atoms with Crippen LogP contribution in [0.15, 0.2) is 58.3 Å². The van der Waals surface area contributed by atoms with Gasteiger partial charge < -0.3 is 10.1 Å². The molecule has 35 heavy (non-hydrogen) atoms. The molecule has 0 bridgehead atoms. The number of nitrogens with zero attached hydrogens (tertiary/aromatic N) is 2. The molecule has 2 aliphatic heterocycles. The number of hydrogen-bond donors (Lipinski definition) is 1. The standard InChI is InChI=1S/C24H31N3O6S2/c28-24(19-33-21-7-11-23(12-8-21)35(31,32)27-17-3-4-18-27)25-14-13-20-5-9-22(10-6-20)34(29,30)26-15-1-2-16-26/h5-12H,1-4,13-19H2,(H,25,28). The number of ether oxygens (including phenoxy) is 1. The van der Waals surface area contributed by atoms with Crippen molar-refractivity contribution in [3.8, 4) is 5.75 Å². The van der Waals surface area contributed by atoms with Gasteiger partial charge in [-0.1, -0.05) is 12.1 Å². The van der Waals surface area contributed by atoms with E-state index in [1.54, 1.807) is 36.4 Å². The van der Waals surface area contributed by atoms with Gasteiger partial charge in [-0.05, 0) is 74.1 Å². The van der Waals surface area contributed by atoms with Gasteiger partial charge in [0.2, 0.25) is 20.0 Å². The molecule has 2 fully saturated rings. The summed E-state index contributed by atoms with van der Waals surface area (Å²) in [7, 11) is -6.91. The van der Waals surface area contributed by atoms with Crippen molar-refractivity contribution in [1.29, 1.82) is 0 Å². The number of amides is 1. The zero-order valence-electron chi connectivity index (χ0n) is 19.6. The maximum absolute atomic E-state index is 12.6. The van der Waals surface area contributed by atoms with Gasteiger partial charge in [0.05, 0.1) is 9.79 Å². The summed E-state index contributed by atoms with van der Waals surface area (Å²) in [5, 5.41) is 2.77. The number of hydrogen-bond acceptors (Lipinski definition) is 6. The number of benzene rings is 2. The van der Waals surface area contributed by atoms with Crippen molar-refractivity contribution in [1.82, 2.24) is 13.9 Å². The molecule has 1 amide bonds. The second kappa shape index (κ2) is 11.1. The van der Waals surface area contributed by atoms with Crippen molar-refractivity contribution in [3.63, 3.8) is 0 Å². The molecule has 2 heterocycles. The zero-order chi connectivity index (χ0) is 24.9. The summed E-state index contributed by atoms with van der Waals surface area (Å²) in [5.41, 5.74) is 0.918. The Morgan fingerprint density at radius 3 is 1.69 bits per heavy atom.